The van der Waals surface area contributed by atoms with Crippen molar-refractivity contribution < 1.29 is 14.1 Å². The molecule has 33 heavy (non-hydrogen) atoms. The fraction of sp³-hybridized carbons (Fsp3) is 0.444. The summed E-state index contributed by atoms with van der Waals surface area (Å²) in [6.45, 7) is 9.21. The summed E-state index contributed by atoms with van der Waals surface area (Å²) in [5.41, 5.74) is 5.07. The van der Waals surface area contributed by atoms with E-state index in [9.17, 15) is 10.1 Å². The van der Waals surface area contributed by atoms with E-state index in [0.29, 0.717) is 11.5 Å². The van der Waals surface area contributed by atoms with E-state index < -0.39 is 5.60 Å². The second-order valence-electron chi connectivity index (χ2n) is 9.89. The molecular formula is C27H31N3O3. The van der Waals surface area contributed by atoms with Crippen LogP contribution in [0.4, 0.5) is 4.79 Å². The van der Waals surface area contributed by atoms with Gasteiger partial charge in [-0.3, -0.25) is 0 Å². The van der Waals surface area contributed by atoms with Gasteiger partial charge in [-0.05, 0) is 88.6 Å². The monoisotopic (exact) mass is 445 g/mol. The van der Waals surface area contributed by atoms with Crippen LogP contribution < -0.4 is 0 Å². The molecule has 2 heterocycles. The third-order valence-corrected chi connectivity index (χ3v) is 6.32. The van der Waals surface area contributed by atoms with E-state index in [1.165, 1.54) is 0 Å². The number of fused-ring (bicyclic) bond motifs is 1. The zero-order chi connectivity index (χ0) is 23.6. The van der Waals surface area contributed by atoms with E-state index in [1.807, 2.05) is 56.9 Å². The Labute approximate surface area is 195 Å². The molecule has 2 aromatic carbocycles. The first-order valence-corrected chi connectivity index (χ1v) is 11.6. The van der Waals surface area contributed by atoms with Crippen LogP contribution in [0.25, 0.3) is 22.1 Å². The van der Waals surface area contributed by atoms with Crippen molar-refractivity contribution in [3.63, 3.8) is 0 Å². The summed E-state index contributed by atoms with van der Waals surface area (Å²) in [5.74, 6) is 0.560. The highest BCUT2D eigenvalue weighted by molar-refractivity contribution is 5.89. The number of carbonyl (C=O) groups excluding carboxylic acids is 1. The lowest BCUT2D eigenvalue weighted by atomic mass is 9.91. The maximum absolute atomic E-state index is 12.3. The number of hydrogen-bond donors (Lipinski definition) is 0. The average Bonchev–Trinajstić information content (AvgIpc) is 3.21. The molecule has 6 heteroatoms. The Hall–Kier alpha value is -3.33. The summed E-state index contributed by atoms with van der Waals surface area (Å²) in [6, 6.07) is 14.0. The lowest BCUT2D eigenvalue weighted by Gasteiger charge is -2.33. The van der Waals surface area contributed by atoms with Crippen molar-refractivity contribution in [3.8, 4) is 17.2 Å². The number of rotatable bonds is 4. The quantitative estimate of drug-likeness (QED) is 0.474. The molecule has 172 valence electrons. The van der Waals surface area contributed by atoms with Crippen LogP contribution in [0.15, 0.2) is 40.9 Å². The highest BCUT2D eigenvalue weighted by Crippen LogP contribution is 2.33. The van der Waals surface area contributed by atoms with Crippen LogP contribution in [0.5, 0.6) is 0 Å². The predicted octanol–water partition coefficient (Wildman–Crippen LogP) is 6.25. The van der Waals surface area contributed by atoms with Crippen LogP contribution in [-0.2, 0) is 11.2 Å². The first-order chi connectivity index (χ1) is 15.7. The summed E-state index contributed by atoms with van der Waals surface area (Å²) >= 11 is 0. The third kappa shape index (κ3) is 5.19. The fourth-order valence-electron chi connectivity index (χ4n) is 4.51. The molecule has 1 amide bonds. The van der Waals surface area contributed by atoms with Gasteiger partial charge in [0, 0.05) is 24.0 Å². The Balaban J connectivity index is 1.40. The minimum atomic E-state index is -0.460. The molecule has 0 spiro atoms. The Morgan fingerprint density at radius 1 is 1.24 bits per heavy atom. The number of nitrogens with zero attached hydrogens (tertiary/aromatic N) is 3. The molecule has 1 aliphatic heterocycles. The molecule has 0 saturated carbocycles. The standard InChI is InChI=1S/C27H31N3O3/c1-18-22(21-7-5-6-20(16-21)17-28)9-10-23-24(29-33-25(18)23)11-8-19-12-14-30(15-13-19)26(31)32-27(2,3)4/h5-7,9-10,16,19H,8,11-15H2,1-4H3. The number of likely N-dealkylation sites (tertiary alicyclic amines) is 1. The minimum Gasteiger partial charge on any atom is -0.444 e. The van der Waals surface area contributed by atoms with Crippen LogP contribution in [-0.4, -0.2) is 34.8 Å². The normalized spacial score (nSPS) is 14.9. The SMILES string of the molecule is Cc1c(-c2cccc(C#N)c2)ccc2c(CCC3CCN(C(=O)OC(C)(C)C)CC3)noc12. The van der Waals surface area contributed by atoms with Crippen LogP contribution in [0, 0.1) is 24.2 Å². The van der Waals surface area contributed by atoms with E-state index in [4.69, 9.17) is 9.26 Å². The number of carbonyl (C=O) groups is 1. The van der Waals surface area contributed by atoms with Gasteiger partial charge in [0.05, 0.1) is 17.3 Å². The number of hydrogen-bond acceptors (Lipinski definition) is 5. The maximum atomic E-state index is 12.3. The molecular weight excluding hydrogens is 414 g/mol. The Morgan fingerprint density at radius 2 is 2.00 bits per heavy atom. The van der Waals surface area contributed by atoms with Gasteiger partial charge in [-0.25, -0.2) is 4.79 Å². The van der Waals surface area contributed by atoms with Crippen LogP contribution >= 0.6 is 0 Å². The summed E-state index contributed by atoms with van der Waals surface area (Å²) in [4.78, 5) is 14.1. The van der Waals surface area contributed by atoms with Gasteiger partial charge in [-0.2, -0.15) is 5.26 Å². The van der Waals surface area contributed by atoms with E-state index in [-0.39, 0.29) is 6.09 Å². The fourth-order valence-corrected chi connectivity index (χ4v) is 4.51. The van der Waals surface area contributed by atoms with E-state index in [2.05, 4.69) is 23.4 Å². The molecule has 1 aromatic heterocycles. The maximum Gasteiger partial charge on any atom is 0.410 e. The summed E-state index contributed by atoms with van der Waals surface area (Å²) in [7, 11) is 0. The van der Waals surface area contributed by atoms with Gasteiger partial charge >= 0.3 is 6.09 Å². The second kappa shape index (κ2) is 9.27. The molecule has 0 bridgehead atoms. The van der Waals surface area contributed by atoms with Gasteiger partial charge in [0.25, 0.3) is 0 Å². The van der Waals surface area contributed by atoms with Gasteiger partial charge < -0.3 is 14.2 Å². The number of aromatic nitrogens is 1. The molecule has 0 radical (unpaired) electrons. The average molecular weight is 446 g/mol. The van der Waals surface area contributed by atoms with Crippen molar-refractivity contribution in [1.29, 1.82) is 5.26 Å². The molecule has 1 fully saturated rings. The molecule has 0 atom stereocenters. The first-order valence-electron chi connectivity index (χ1n) is 11.6. The predicted molar refractivity (Wildman–Crippen MR) is 128 cm³/mol. The van der Waals surface area contributed by atoms with Crippen molar-refractivity contribution in [2.45, 2.75) is 59.0 Å². The summed E-state index contributed by atoms with van der Waals surface area (Å²) in [6.07, 6.45) is 3.62. The molecule has 0 unspecified atom stereocenters. The van der Waals surface area contributed by atoms with E-state index in [1.54, 1.807) is 0 Å². The first kappa shape index (κ1) is 22.8. The van der Waals surface area contributed by atoms with Crippen LogP contribution in [0.3, 0.4) is 0 Å². The van der Waals surface area contributed by atoms with E-state index >= 15 is 0 Å². The van der Waals surface area contributed by atoms with Crippen molar-refractivity contribution in [3.05, 3.63) is 53.2 Å². The highest BCUT2D eigenvalue weighted by Gasteiger charge is 2.27. The minimum absolute atomic E-state index is 0.213. The Bertz CT molecular complexity index is 1190. The number of benzene rings is 2. The molecule has 0 N–H and O–H groups in total. The van der Waals surface area contributed by atoms with Gasteiger partial charge in [-0.1, -0.05) is 23.4 Å². The van der Waals surface area contributed by atoms with Gasteiger partial charge in [0.15, 0.2) is 5.58 Å². The largest absolute Gasteiger partial charge is 0.444 e. The lowest BCUT2D eigenvalue weighted by Crippen LogP contribution is -2.41. The molecule has 4 rings (SSSR count). The topological polar surface area (TPSA) is 79.4 Å². The number of piperidine rings is 1. The van der Waals surface area contributed by atoms with Gasteiger partial charge in [-0.15, -0.1) is 0 Å². The Kier molecular flexibility index (Phi) is 6.42. The highest BCUT2D eigenvalue weighted by atomic mass is 16.6. The number of amides is 1. The van der Waals surface area contributed by atoms with Gasteiger partial charge in [0.2, 0.25) is 0 Å². The molecule has 3 aromatic rings. The molecule has 6 nitrogen and oxygen atoms in total. The van der Waals surface area contributed by atoms with Crippen molar-refractivity contribution in [2.24, 2.45) is 5.92 Å². The second-order valence-corrected chi connectivity index (χ2v) is 9.89. The molecule has 0 aliphatic carbocycles. The molecule has 1 aliphatic rings. The van der Waals surface area contributed by atoms with E-state index in [0.717, 1.165) is 72.1 Å². The van der Waals surface area contributed by atoms with Crippen LogP contribution in [0.2, 0.25) is 0 Å². The smallest absolute Gasteiger partial charge is 0.410 e. The molecule has 1 saturated heterocycles. The van der Waals surface area contributed by atoms with Crippen LogP contribution in [0.1, 0.15) is 56.9 Å². The zero-order valence-electron chi connectivity index (χ0n) is 19.9. The van der Waals surface area contributed by atoms with Gasteiger partial charge in [0.1, 0.15) is 5.60 Å². The third-order valence-electron chi connectivity index (χ3n) is 6.32. The Morgan fingerprint density at radius 3 is 2.70 bits per heavy atom. The number of aryl methyl sites for hydroxylation is 2. The zero-order valence-corrected chi connectivity index (χ0v) is 19.9. The number of nitriles is 1. The summed E-state index contributed by atoms with van der Waals surface area (Å²) in [5, 5.41) is 14.6. The van der Waals surface area contributed by atoms with Crippen molar-refractivity contribution in [1.82, 2.24) is 10.1 Å². The number of ether oxygens (including phenoxy) is 1. The van der Waals surface area contributed by atoms with Crippen molar-refractivity contribution in [2.75, 3.05) is 13.1 Å². The lowest BCUT2D eigenvalue weighted by molar-refractivity contribution is 0.0181. The summed E-state index contributed by atoms with van der Waals surface area (Å²) < 4.78 is 11.2. The van der Waals surface area contributed by atoms with Crippen molar-refractivity contribution >= 4 is 17.1 Å².